The number of likely N-dealkylation sites (tertiary alicyclic amines) is 1. The molecule has 2 atom stereocenters. The molecule has 6 heteroatoms. The summed E-state index contributed by atoms with van der Waals surface area (Å²) in [4.78, 5) is 15.4. The highest BCUT2D eigenvalue weighted by molar-refractivity contribution is 5.91. The Morgan fingerprint density at radius 3 is 2.26 bits per heavy atom. The Kier molecular flexibility index (Phi) is 8.61. The first-order chi connectivity index (χ1) is 16.7. The molecule has 0 saturated carbocycles. The molecule has 2 aromatic carbocycles. The summed E-state index contributed by atoms with van der Waals surface area (Å²) in [6.45, 7) is 1.94. The van der Waals surface area contributed by atoms with Gasteiger partial charge >= 0.3 is 0 Å². The number of nitrogens with zero attached hydrogens (tertiary/aromatic N) is 1. The molecule has 34 heavy (non-hydrogen) atoms. The minimum absolute atomic E-state index is 0.00938. The number of benzene rings is 2. The summed E-state index contributed by atoms with van der Waals surface area (Å²) in [6.07, 6.45) is 7.70. The average molecular weight is 466 g/mol. The highest BCUT2D eigenvalue weighted by atomic mass is 16.7. The smallest absolute Gasteiger partial charge is 0.288 e. The van der Waals surface area contributed by atoms with Gasteiger partial charge in [-0.2, -0.15) is 0 Å². The second-order valence-electron chi connectivity index (χ2n) is 9.04. The van der Waals surface area contributed by atoms with E-state index in [0.29, 0.717) is 18.8 Å². The highest BCUT2D eigenvalue weighted by Crippen LogP contribution is 2.33. The zero-order valence-electron chi connectivity index (χ0n) is 19.9. The van der Waals surface area contributed by atoms with Gasteiger partial charge in [0, 0.05) is 25.4 Å². The summed E-state index contributed by atoms with van der Waals surface area (Å²) < 4.78 is 17.6. The minimum atomic E-state index is -0.525. The van der Waals surface area contributed by atoms with E-state index in [9.17, 15) is 9.90 Å². The van der Waals surface area contributed by atoms with Crippen molar-refractivity contribution in [2.24, 2.45) is 0 Å². The van der Waals surface area contributed by atoms with Crippen LogP contribution in [-0.4, -0.2) is 42.4 Å². The molecular weight excluding hydrogens is 430 g/mol. The highest BCUT2D eigenvalue weighted by Gasteiger charge is 2.31. The van der Waals surface area contributed by atoms with Gasteiger partial charge in [0.2, 0.25) is 6.29 Å². The number of carbonyl (C=O) groups excluding carboxylic acids is 1. The van der Waals surface area contributed by atoms with Gasteiger partial charge in [-0.1, -0.05) is 55.7 Å². The molecule has 1 N–H and O–H groups in total. The summed E-state index contributed by atoms with van der Waals surface area (Å²) in [7, 11) is 1.65. The lowest BCUT2D eigenvalue weighted by molar-refractivity contribution is -0.156. The van der Waals surface area contributed by atoms with Crippen LogP contribution >= 0.6 is 0 Å². The molecule has 0 radical (unpaired) electrons. The van der Waals surface area contributed by atoms with Crippen LogP contribution in [0, 0.1) is 0 Å². The number of hydrogen-bond acceptors (Lipinski definition) is 5. The van der Waals surface area contributed by atoms with Crippen LogP contribution in [0.1, 0.15) is 61.1 Å². The molecule has 1 amide bonds. The molecular formula is C28H35NO5. The second kappa shape index (κ2) is 12.0. The molecule has 0 unspecified atom stereocenters. The van der Waals surface area contributed by atoms with Crippen molar-refractivity contribution in [1.82, 2.24) is 4.90 Å². The summed E-state index contributed by atoms with van der Waals surface area (Å²) in [5.74, 6) is 1.15. The van der Waals surface area contributed by atoms with Gasteiger partial charge in [-0.3, -0.25) is 4.79 Å². The second-order valence-corrected chi connectivity index (χ2v) is 9.04. The van der Waals surface area contributed by atoms with Crippen LogP contribution in [0.4, 0.5) is 0 Å². The maximum atomic E-state index is 13.4. The monoisotopic (exact) mass is 465 g/mol. The summed E-state index contributed by atoms with van der Waals surface area (Å²) in [6, 6.07) is 15.6. The molecule has 0 bridgehead atoms. The molecule has 2 aliphatic rings. The first-order valence-corrected chi connectivity index (χ1v) is 12.3. The Labute approximate surface area is 202 Å². The SMILES string of the molecule is COc1ccc([C@H]2C=C(C(=O)N3CCCCCCC3)O[C@@H](OCc3ccc(CO)cc3)C2)cc1. The molecule has 0 aliphatic carbocycles. The van der Waals surface area contributed by atoms with Crippen molar-refractivity contribution < 1.29 is 24.1 Å². The molecule has 2 aromatic rings. The fraction of sp³-hybridized carbons (Fsp3) is 0.464. The minimum Gasteiger partial charge on any atom is -0.497 e. The van der Waals surface area contributed by atoms with Gasteiger partial charge in [-0.25, -0.2) is 0 Å². The van der Waals surface area contributed by atoms with E-state index in [1.165, 1.54) is 19.3 Å². The van der Waals surface area contributed by atoms with E-state index in [2.05, 4.69) is 0 Å². The van der Waals surface area contributed by atoms with Gasteiger partial charge in [-0.05, 0) is 47.7 Å². The zero-order chi connectivity index (χ0) is 23.8. The summed E-state index contributed by atoms with van der Waals surface area (Å²) in [5.41, 5.74) is 2.96. The number of amides is 1. The quantitative estimate of drug-likeness (QED) is 0.629. The maximum Gasteiger partial charge on any atom is 0.288 e. The van der Waals surface area contributed by atoms with E-state index >= 15 is 0 Å². The Bertz CT molecular complexity index is 946. The Hall–Kier alpha value is -2.83. The molecule has 1 fully saturated rings. The van der Waals surface area contributed by atoms with Crippen molar-refractivity contribution in [3.05, 3.63) is 77.1 Å². The van der Waals surface area contributed by atoms with E-state index in [0.717, 1.165) is 48.4 Å². The number of carbonyl (C=O) groups is 1. The van der Waals surface area contributed by atoms with Gasteiger partial charge < -0.3 is 24.2 Å². The lowest BCUT2D eigenvalue weighted by Crippen LogP contribution is -2.38. The fourth-order valence-electron chi connectivity index (χ4n) is 4.53. The Balaban J connectivity index is 1.50. The number of ether oxygens (including phenoxy) is 3. The van der Waals surface area contributed by atoms with E-state index in [1.807, 2.05) is 59.5 Å². The van der Waals surface area contributed by atoms with Crippen molar-refractivity contribution in [2.45, 2.75) is 63.9 Å². The van der Waals surface area contributed by atoms with Gasteiger partial charge in [-0.15, -0.1) is 0 Å². The molecule has 4 rings (SSSR count). The predicted molar refractivity (Wildman–Crippen MR) is 130 cm³/mol. The van der Waals surface area contributed by atoms with Gasteiger partial charge in [0.1, 0.15) is 5.75 Å². The summed E-state index contributed by atoms with van der Waals surface area (Å²) >= 11 is 0. The Morgan fingerprint density at radius 1 is 0.971 bits per heavy atom. The molecule has 2 heterocycles. The number of methoxy groups -OCH3 is 1. The number of aliphatic hydroxyl groups is 1. The maximum absolute atomic E-state index is 13.4. The normalized spacial score (nSPS) is 21.1. The topological polar surface area (TPSA) is 68.2 Å². The number of allylic oxidation sites excluding steroid dienone is 1. The lowest BCUT2D eigenvalue weighted by Gasteiger charge is -2.32. The van der Waals surface area contributed by atoms with Gasteiger partial charge in [0.15, 0.2) is 5.76 Å². The third-order valence-corrected chi connectivity index (χ3v) is 6.60. The van der Waals surface area contributed by atoms with Crippen molar-refractivity contribution in [3.63, 3.8) is 0 Å². The van der Waals surface area contributed by atoms with Crippen molar-refractivity contribution in [3.8, 4) is 5.75 Å². The Morgan fingerprint density at radius 2 is 1.62 bits per heavy atom. The molecule has 2 aliphatic heterocycles. The summed E-state index contributed by atoms with van der Waals surface area (Å²) in [5, 5.41) is 9.25. The number of aliphatic hydroxyl groups excluding tert-OH is 1. The van der Waals surface area contributed by atoms with Gasteiger partial charge in [0.05, 0.1) is 20.3 Å². The largest absolute Gasteiger partial charge is 0.497 e. The number of rotatable bonds is 7. The number of hydrogen-bond donors (Lipinski definition) is 1. The molecule has 182 valence electrons. The van der Waals surface area contributed by atoms with E-state index in [1.54, 1.807) is 7.11 Å². The average Bonchev–Trinajstić information content (AvgIpc) is 2.87. The molecule has 0 aromatic heterocycles. The van der Waals surface area contributed by atoms with E-state index < -0.39 is 6.29 Å². The first kappa shape index (κ1) is 24.3. The van der Waals surface area contributed by atoms with Crippen LogP contribution in [0.3, 0.4) is 0 Å². The molecule has 1 saturated heterocycles. The molecule has 0 spiro atoms. The van der Waals surface area contributed by atoms with E-state index in [-0.39, 0.29) is 18.4 Å². The first-order valence-electron chi connectivity index (χ1n) is 12.3. The zero-order valence-corrected chi connectivity index (χ0v) is 19.9. The van der Waals surface area contributed by atoms with Crippen molar-refractivity contribution in [2.75, 3.05) is 20.2 Å². The standard InChI is InChI=1S/C28H35NO5/c1-32-25-13-11-23(12-14-25)24-17-26(28(31)29-15-5-3-2-4-6-16-29)34-27(18-24)33-20-22-9-7-21(19-30)8-10-22/h7-14,17,24,27,30H,2-6,15-16,18-20H2,1H3/t24-,27+/m0/s1. The third kappa shape index (κ3) is 6.39. The van der Waals surface area contributed by atoms with Crippen LogP contribution < -0.4 is 4.74 Å². The molecule has 6 nitrogen and oxygen atoms in total. The van der Waals surface area contributed by atoms with Crippen molar-refractivity contribution >= 4 is 5.91 Å². The van der Waals surface area contributed by atoms with E-state index in [4.69, 9.17) is 14.2 Å². The van der Waals surface area contributed by atoms with Gasteiger partial charge in [0.25, 0.3) is 5.91 Å². The van der Waals surface area contributed by atoms with Crippen LogP contribution in [0.25, 0.3) is 0 Å². The van der Waals surface area contributed by atoms with Crippen LogP contribution in [-0.2, 0) is 27.5 Å². The van der Waals surface area contributed by atoms with Crippen molar-refractivity contribution in [1.29, 1.82) is 0 Å². The van der Waals surface area contributed by atoms with Crippen LogP contribution in [0.15, 0.2) is 60.4 Å². The third-order valence-electron chi connectivity index (χ3n) is 6.60. The van der Waals surface area contributed by atoms with Crippen LogP contribution in [0.5, 0.6) is 5.75 Å². The predicted octanol–water partition coefficient (Wildman–Crippen LogP) is 4.91. The fourth-order valence-corrected chi connectivity index (χ4v) is 4.53. The lowest BCUT2D eigenvalue weighted by atomic mass is 9.92. The van der Waals surface area contributed by atoms with Crippen LogP contribution in [0.2, 0.25) is 0 Å².